The third kappa shape index (κ3) is 2.76. The van der Waals surface area contributed by atoms with Crippen LogP contribution in [0.4, 0.5) is 5.69 Å². The third-order valence-corrected chi connectivity index (χ3v) is 3.42. The molecule has 1 N–H and O–H groups in total. The van der Waals surface area contributed by atoms with Crippen LogP contribution in [0.15, 0.2) is 85.0 Å². The maximum absolute atomic E-state index is 3.63. The molecular formula is C18H17N. The molecule has 1 nitrogen and oxygen atoms in total. The molecule has 0 heterocycles. The van der Waals surface area contributed by atoms with Gasteiger partial charge in [-0.15, -0.1) is 0 Å². The minimum absolute atomic E-state index is 0.276. The fraction of sp³-hybridized carbons (Fsp3) is 0.111. The molecule has 2 aromatic rings. The molecule has 1 unspecified atom stereocenters. The van der Waals surface area contributed by atoms with Crippen molar-refractivity contribution in [3.8, 4) is 0 Å². The van der Waals surface area contributed by atoms with Crippen LogP contribution in [0.3, 0.4) is 0 Å². The van der Waals surface area contributed by atoms with E-state index in [2.05, 4.69) is 84.2 Å². The first-order valence-electron chi connectivity index (χ1n) is 6.65. The van der Waals surface area contributed by atoms with E-state index in [1.807, 2.05) is 6.07 Å². The lowest BCUT2D eigenvalue weighted by Crippen LogP contribution is -2.17. The van der Waals surface area contributed by atoms with Crippen molar-refractivity contribution in [1.82, 2.24) is 0 Å². The Morgan fingerprint density at radius 3 is 1.95 bits per heavy atom. The molecule has 1 atom stereocenters. The second-order valence-electron chi connectivity index (χ2n) is 4.75. The Hall–Kier alpha value is -2.28. The number of para-hydroxylation sites is 1. The van der Waals surface area contributed by atoms with Gasteiger partial charge < -0.3 is 5.32 Å². The van der Waals surface area contributed by atoms with Gasteiger partial charge >= 0.3 is 0 Å². The Morgan fingerprint density at radius 1 is 0.737 bits per heavy atom. The van der Waals surface area contributed by atoms with Crippen molar-refractivity contribution in [2.75, 3.05) is 5.32 Å². The summed E-state index contributed by atoms with van der Waals surface area (Å²) in [6, 6.07) is 21.3. The summed E-state index contributed by atoms with van der Waals surface area (Å²) in [5, 5.41) is 3.63. The summed E-state index contributed by atoms with van der Waals surface area (Å²) in [6.45, 7) is 0. The van der Waals surface area contributed by atoms with Crippen molar-refractivity contribution in [2.24, 2.45) is 5.92 Å². The van der Waals surface area contributed by atoms with E-state index in [-0.39, 0.29) is 6.04 Å². The lowest BCUT2D eigenvalue weighted by molar-refractivity contribution is 0.668. The summed E-state index contributed by atoms with van der Waals surface area (Å²) < 4.78 is 0. The van der Waals surface area contributed by atoms with Crippen LogP contribution in [0.1, 0.15) is 11.6 Å². The summed E-state index contributed by atoms with van der Waals surface area (Å²) in [4.78, 5) is 0. The van der Waals surface area contributed by atoms with Gasteiger partial charge in [0.25, 0.3) is 0 Å². The number of allylic oxidation sites excluding steroid dienone is 2. The van der Waals surface area contributed by atoms with Crippen LogP contribution in [0.2, 0.25) is 0 Å². The van der Waals surface area contributed by atoms with E-state index < -0.39 is 0 Å². The fourth-order valence-electron chi connectivity index (χ4n) is 2.45. The molecule has 2 aromatic carbocycles. The molecule has 1 aliphatic rings. The van der Waals surface area contributed by atoms with Crippen molar-refractivity contribution in [1.29, 1.82) is 0 Å². The van der Waals surface area contributed by atoms with Gasteiger partial charge in [0.2, 0.25) is 0 Å². The van der Waals surface area contributed by atoms with Gasteiger partial charge in [-0.2, -0.15) is 0 Å². The average molecular weight is 247 g/mol. The lowest BCUT2D eigenvalue weighted by atomic mass is 9.94. The lowest BCUT2D eigenvalue weighted by Gasteiger charge is -2.24. The van der Waals surface area contributed by atoms with E-state index in [0.29, 0.717) is 5.92 Å². The largest absolute Gasteiger partial charge is 0.377 e. The maximum Gasteiger partial charge on any atom is 0.0611 e. The van der Waals surface area contributed by atoms with Crippen molar-refractivity contribution >= 4 is 5.69 Å². The molecule has 0 spiro atoms. The van der Waals surface area contributed by atoms with Gasteiger partial charge in [0.1, 0.15) is 0 Å². The smallest absolute Gasteiger partial charge is 0.0611 e. The molecule has 0 aliphatic heterocycles. The van der Waals surface area contributed by atoms with Gasteiger partial charge in [0, 0.05) is 11.6 Å². The summed E-state index contributed by atoms with van der Waals surface area (Å²) in [7, 11) is 0. The van der Waals surface area contributed by atoms with E-state index in [9.17, 15) is 0 Å². The summed E-state index contributed by atoms with van der Waals surface area (Å²) in [5.41, 5.74) is 2.47. The fourth-order valence-corrected chi connectivity index (χ4v) is 2.45. The molecule has 0 saturated carbocycles. The molecule has 0 radical (unpaired) electrons. The van der Waals surface area contributed by atoms with E-state index in [1.165, 1.54) is 5.56 Å². The van der Waals surface area contributed by atoms with Crippen molar-refractivity contribution in [3.63, 3.8) is 0 Å². The molecule has 0 fully saturated rings. The highest BCUT2D eigenvalue weighted by Crippen LogP contribution is 2.30. The van der Waals surface area contributed by atoms with Gasteiger partial charge in [-0.1, -0.05) is 72.8 Å². The molecule has 19 heavy (non-hydrogen) atoms. The number of benzene rings is 2. The second-order valence-corrected chi connectivity index (χ2v) is 4.75. The average Bonchev–Trinajstić information content (AvgIpc) is 3.01. The standard InChI is InChI=1S/C18H17N/c1-3-9-15(10-4-1)18(16-11-7-8-12-16)19-17-13-5-2-6-14-17/h1-14,16,18-19H. The topological polar surface area (TPSA) is 12.0 Å². The number of anilines is 1. The summed E-state index contributed by atoms with van der Waals surface area (Å²) in [6.07, 6.45) is 8.72. The predicted octanol–water partition coefficient (Wildman–Crippen LogP) is 4.58. The van der Waals surface area contributed by atoms with Crippen LogP contribution < -0.4 is 5.32 Å². The SMILES string of the molecule is C1=CC(C(Nc2ccccc2)c2ccccc2)C=C1. The zero-order chi connectivity index (χ0) is 12.9. The Morgan fingerprint density at radius 2 is 1.32 bits per heavy atom. The first-order valence-corrected chi connectivity index (χ1v) is 6.65. The quantitative estimate of drug-likeness (QED) is 0.833. The molecule has 1 aliphatic carbocycles. The third-order valence-electron chi connectivity index (χ3n) is 3.42. The Balaban J connectivity index is 1.89. The van der Waals surface area contributed by atoms with Crippen LogP contribution in [0.25, 0.3) is 0 Å². The minimum atomic E-state index is 0.276. The molecular weight excluding hydrogens is 230 g/mol. The molecule has 0 amide bonds. The number of rotatable bonds is 4. The highest BCUT2D eigenvalue weighted by molar-refractivity contribution is 5.46. The molecule has 0 aromatic heterocycles. The van der Waals surface area contributed by atoms with Gasteiger partial charge in [-0.05, 0) is 17.7 Å². The van der Waals surface area contributed by atoms with E-state index in [0.717, 1.165) is 5.69 Å². The molecule has 94 valence electrons. The van der Waals surface area contributed by atoms with E-state index >= 15 is 0 Å². The van der Waals surface area contributed by atoms with Crippen LogP contribution >= 0.6 is 0 Å². The monoisotopic (exact) mass is 247 g/mol. The predicted molar refractivity (Wildman–Crippen MR) is 81.0 cm³/mol. The van der Waals surface area contributed by atoms with Crippen LogP contribution in [0.5, 0.6) is 0 Å². The zero-order valence-electron chi connectivity index (χ0n) is 10.7. The minimum Gasteiger partial charge on any atom is -0.377 e. The summed E-state index contributed by atoms with van der Waals surface area (Å²) >= 11 is 0. The van der Waals surface area contributed by atoms with Crippen molar-refractivity contribution < 1.29 is 0 Å². The second kappa shape index (κ2) is 5.57. The first kappa shape index (κ1) is 11.8. The molecule has 1 heteroatoms. The summed E-state index contributed by atoms with van der Waals surface area (Å²) in [5.74, 6) is 0.405. The van der Waals surface area contributed by atoms with E-state index in [4.69, 9.17) is 0 Å². The molecule has 0 saturated heterocycles. The Bertz CT molecular complexity index is 557. The van der Waals surface area contributed by atoms with Gasteiger partial charge in [0.15, 0.2) is 0 Å². The zero-order valence-corrected chi connectivity index (χ0v) is 10.7. The first-order chi connectivity index (χ1) is 9.43. The van der Waals surface area contributed by atoms with Crippen LogP contribution in [-0.4, -0.2) is 0 Å². The van der Waals surface area contributed by atoms with Gasteiger partial charge in [-0.25, -0.2) is 0 Å². The highest BCUT2D eigenvalue weighted by Gasteiger charge is 2.20. The Labute approximate surface area is 114 Å². The maximum atomic E-state index is 3.63. The van der Waals surface area contributed by atoms with Gasteiger partial charge in [0.05, 0.1) is 6.04 Å². The van der Waals surface area contributed by atoms with Crippen molar-refractivity contribution in [3.05, 3.63) is 90.5 Å². The van der Waals surface area contributed by atoms with Crippen LogP contribution in [0, 0.1) is 5.92 Å². The normalized spacial score (nSPS) is 15.6. The van der Waals surface area contributed by atoms with Crippen LogP contribution in [-0.2, 0) is 0 Å². The molecule has 0 bridgehead atoms. The number of hydrogen-bond acceptors (Lipinski definition) is 1. The van der Waals surface area contributed by atoms with Gasteiger partial charge in [-0.3, -0.25) is 0 Å². The van der Waals surface area contributed by atoms with E-state index in [1.54, 1.807) is 0 Å². The van der Waals surface area contributed by atoms with Crippen molar-refractivity contribution in [2.45, 2.75) is 6.04 Å². The number of hydrogen-bond donors (Lipinski definition) is 1. The highest BCUT2D eigenvalue weighted by atomic mass is 14.9. The molecule has 3 rings (SSSR count). The Kier molecular flexibility index (Phi) is 3.46. The number of nitrogens with one attached hydrogen (secondary N) is 1.